The van der Waals surface area contributed by atoms with E-state index in [0.717, 1.165) is 37.0 Å². The fourth-order valence-electron chi connectivity index (χ4n) is 3.21. The smallest absolute Gasteiger partial charge is 0.217 e. The van der Waals surface area contributed by atoms with Gasteiger partial charge in [0, 0.05) is 41.3 Å². The van der Waals surface area contributed by atoms with Crippen molar-refractivity contribution in [2.75, 3.05) is 0 Å². The van der Waals surface area contributed by atoms with E-state index in [-0.39, 0.29) is 5.91 Å². The Labute approximate surface area is 185 Å². The first-order valence-corrected chi connectivity index (χ1v) is 11.3. The highest BCUT2D eigenvalue weighted by Gasteiger charge is 2.17. The van der Waals surface area contributed by atoms with E-state index in [1.807, 2.05) is 67.7 Å². The van der Waals surface area contributed by atoms with Crippen molar-refractivity contribution in [3.05, 3.63) is 82.6 Å². The number of hydrogen-bond acceptors (Lipinski definition) is 3. The van der Waals surface area contributed by atoms with E-state index in [1.165, 1.54) is 6.92 Å². The monoisotopic (exact) mass is 481 g/mol. The van der Waals surface area contributed by atoms with Crippen LogP contribution in [0.15, 0.2) is 76.4 Å². The first-order chi connectivity index (χ1) is 14.4. The maximum atomic E-state index is 13.3. The molecule has 0 bridgehead atoms. The summed E-state index contributed by atoms with van der Waals surface area (Å²) >= 11 is 3.50. The molecule has 152 valence electrons. The highest BCUT2D eigenvalue weighted by Crippen LogP contribution is 2.33. The third kappa shape index (κ3) is 4.22. The van der Waals surface area contributed by atoms with E-state index >= 15 is 0 Å². The molecule has 0 saturated heterocycles. The Morgan fingerprint density at radius 1 is 1.13 bits per heavy atom. The quantitative estimate of drug-likeness (QED) is 0.437. The van der Waals surface area contributed by atoms with E-state index in [1.54, 1.807) is 10.2 Å². The van der Waals surface area contributed by atoms with Crippen molar-refractivity contribution in [3.8, 4) is 11.1 Å². The standard InChI is InChI=1S/C23H20BrN3O2S/c1-15-3-9-20(10-4-15)30(29)27-14-22(21-11-19(24)13-26-23(21)27)18-7-5-17(6-8-18)12-25-16(2)28/h3-11,13-14H,12H2,1-2H3,(H,25,28). The number of nitrogens with one attached hydrogen (secondary N) is 1. The molecule has 4 rings (SSSR count). The molecule has 5 nitrogen and oxygen atoms in total. The molecule has 0 saturated carbocycles. The number of nitrogens with zero attached hydrogens (tertiary/aromatic N) is 2. The molecule has 1 N–H and O–H groups in total. The lowest BCUT2D eigenvalue weighted by molar-refractivity contribution is -0.119. The third-order valence-electron chi connectivity index (χ3n) is 4.79. The van der Waals surface area contributed by atoms with Crippen LogP contribution in [0.3, 0.4) is 0 Å². The van der Waals surface area contributed by atoms with Gasteiger partial charge in [0.15, 0.2) is 16.6 Å². The number of pyridine rings is 1. The summed E-state index contributed by atoms with van der Waals surface area (Å²) in [6.45, 7) is 3.99. The summed E-state index contributed by atoms with van der Waals surface area (Å²) in [6.07, 6.45) is 3.61. The Balaban J connectivity index is 1.77. The van der Waals surface area contributed by atoms with E-state index in [0.29, 0.717) is 12.2 Å². The van der Waals surface area contributed by atoms with E-state index in [4.69, 9.17) is 0 Å². The number of rotatable bonds is 5. The molecule has 1 unspecified atom stereocenters. The number of benzene rings is 2. The second-order valence-electron chi connectivity index (χ2n) is 7.06. The van der Waals surface area contributed by atoms with Crippen LogP contribution >= 0.6 is 15.9 Å². The van der Waals surface area contributed by atoms with Gasteiger partial charge in [0.25, 0.3) is 0 Å². The molecule has 0 aliphatic rings. The molecule has 1 amide bonds. The van der Waals surface area contributed by atoms with Crippen molar-refractivity contribution in [1.29, 1.82) is 0 Å². The molecule has 2 aromatic heterocycles. The van der Waals surface area contributed by atoms with Crippen LogP contribution in [0.4, 0.5) is 0 Å². The molecule has 0 aliphatic carbocycles. The first-order valence-electron chi connectivity index (χ1n) is 9.41. The van der Waals surface area contributed by atoms with Gasteiger partial charge >= 0.3 is 0 Å². The van der Waals surface area contributed by atoms with Crippen LogP contribution in [0.25, 0.3) is 22.2 Å². The lowest BCUT2D eigenvalue weighted by atomic mass is 10.0. The molecule has 30 heavy (non-hydrogen) atoms. The summed E-state index contributed by atoms with van der Waals surface area (Å²) in [5, 5.41) is 3.72. The minimum Gasteiger partial charge on any atom is -0.352 e. The highest BCUT2D eigenvalue weighted by atomic mass is 79.9. The van der Waals surface area contributed by atoms with Gasteiger partial charge in [-0.2, -0.15) is 0 Å². The van der Waals surface area contributed by atoms with Crippen molar-refractivity contribution in [3.63, 3.8) is 0 Å². The predicted molar refractivity (Wildman–Crippen MR) is 123 cm³/mol. The van der Waals surface area contributed by atoms with E-state index in [9.17, 15) is 9.00 Å². The van der Waals surface area contributed by atoms with Crippen molar-refractivity contribution in [1.82, 2.24) is 14.3 Å². The van der Waals surface area contributed by atoms with Gasteiger partial charge in [0.05, 0.1) is 4.90 Å². The van der Waals surface area contributed by atoms with Crippen molar-refractivity contribution < 1.29 is 9.00 Å². The van der Waals surface area contributed by atoms with Gasteiger partial charge in [0.1, 0.15) is 0 Å². The molecular formula is C23H20BrN3O2S. The number of halogens is 1. The summed E-state index contributed by atoms with van der Waals surface area (Å²) in [4.78, 5) is 16.4. The maximum Gasteiger partial charge on any atom is 0.217 e. The molecule has 1 atom stereocenters. The van der Waals surface area contributed by atoms with Crippen LogP contribution in [-0.2, 0) is 22.3 Å². The van der Waals surface area contributed by atoms with Gasteiger partial charge in [-0.3, -0.25) is 4.79 Å². The minimum absolute atomic E-state index is 0.0587. The summed E-state index contributed by atoms with van der Waals surface area (Å²) in [5.74, 6) is -0.0587. The zero-order valence-corrected chi connectivity index (χ0v) is 19.0. The molecule has 0 aliphatic heterocycles. The van der Waals surface area contributed by atoms with Crippen LogP contribution < -0.4 is 5.32 Å². The number of hydrogen-bond donors (Lipinski definition) is 1. The van der Waals surface area contributed by atoms with Gasteiger partial charge in [-0.25, -0.2) is 13.2 Å². The predicted octanol–water partition coefficient (Wildman–Crippen LogP) is 4.98. The molecule has 2 heterocycles. The van der Waals surface area contributed by atoms with Gasteiger partial charge < -0.3 is 5.32 Å². The summed E-state index contributed by atoms with van der Waals surface area (Å²) in [5.41, 5.74) is 4.74. The largest absolute Gasteiger partial charge is 0.352 e. The van der Waals surface area contributed by atoms with Crippen molar-refractivity contribution in [2.24, 2.45) is 0 Å². The molecule has 4 aromatic rings. The zero-order valence-electron chi connectivity index (χ0n) is 16.6. The van der Waals surface area contributed by atoms with E-state index < -0.39 is 11.0 Å². The van der Waals surface area contributed by atoms with Gasteiger partial charge in [-0.15, -0.1) is 0 Å². The topological polar surface area (TPSA) is 64.0 Å². The average molecular weight is 482 g/mol. The van der Waals surface area contributed by atoms with Crippen LogP contribution in [0.5, 0.6) is 0 Å². The Morgan fingerprint density at radius 3 is 2.50 bits per heavy atom. The number of fused-ring (bicyclic) bond motifs is 1. The molecule has 0 spiro atoms. The van der Waals surface area contributed by atoms with Gasteiger partial charge in [0.2, 0.25) is 5.91 Å². The van der Waals surface area contributed by atoms with E-state index in [2.05, 4.69) is 26.2 Å². The number of aromatic nitrogens is 2. The second-order valence-corrected chi connectivity index (χ2v) is 9.34. The highest BCUT2D eigenvalue weighted by molar-refractivity contribution is 9.10. The Bertz CT molecular complexity index is 1250. The van der Waals surface area contributed by atoms with Crippen LogP contribution in [0.2, 0.25) is 0 Å². The fraction of sp³-hybridized carbons (Fsp3) is 0.130. The number of carbonyl (C=O) groups excluding carboxylic acids is 1. The molecule has 0 fully saturated rings. The third-order valence-corrected chi connectivity index (χ3v) is 6.53. The summed E-state index contributed by atoms with van der Waals surface area (Å²) < 4.78 is 15.9. The first kappa shape index (κ1) is 20.5. The SMILES string of the molecule is CC(=O)NCc1ccc(-c2cn(S(=O)c3ccc(C)cc3)c3ncc(Br)cc23)cc1. The summed E-state index contributed by atoms with van der Waals surface area (Å²) in [7, 11) is -1.41. The molecular weight excluding hydrogens is 462 g/mol. The van der Waals surface area contributed by atoms with Crippen LogP contribution in [0, 0.1) is 6.92 Å². The molecule has 0 radical (unpaired) electrons. The lowest BCUT2D eigenvalue weighted by Gasteiger charge is -2.05. The Kier molecular flexibility index (Phi) is 5.83. The van der Waals surface area contributed by atoms with Gasteiger partial charge in [-0.1, -0.05) is 42.0 Å². The lowest BCUT2D eigenvalue weighted by Crippen LogP contribution is -2.18. The van der Waals surface area contributed by atoms with Gasteiger partial charge in [-0.05, 0) is 52.2 Å². The zero-order chi connectivity index (χ0) is 21.3. The van der Waals surface area contributed by atoms with Crippen LogP contribution in [-0.4, -0.2) is 19.1 Å². The molecule has 7 heteroatoms. The van der Waals surface area contributed by atoms with Crippen molar-refractivity contribution in [2.45, 2.75) is 25.3 Å². The Morgan fingerprint density at radius 2 is 1.83 bits per heavy atom. The number of amides is 1. The number of aryl methyl sites for hydroxylation is 1. The summed E-state index contributed by atoms with van der Waals surface area (Å²) in [6, 6.07) is 17.6. The fourth-order valence-corrected chi connectivity index (χ4v) is 4.64. The normalized spacial score (nSPS) is 12.1. The second kappa shape index (κ2) is 8.53. The average Bonchev–Trinajstić information content (AvgIpc) is 3.11. The molecule has 2 aromatic carbocycles. The Hall–Kier alpha value is -2.77. The van der Waals surface area contributed by atoms with Crippen molar-refractivity contribution >= 4 is 43.9 Å². The number of carbonyl (C=O) groups is 1. The van der Waals surface area contributed by atoms with Crippen LogP contribution in [0.1, 0.15) is 18.1 Å². The maximum absolute atomic E-state index is 13.3. The minimum atomic E-state index is -1.41.